The Morgan fingerprint density at radius 2 is 2.08 bits per heavy atom. The van der Waals surface area contributed by atoms with Crippen LogP contribution in [0.4, 0.5) is 0 Å². The largest absolute Gasteiger partial charge is 0.351 e. The molecule has 1 aromatic heterocycles. The van der Waals surface area contributed by atoms with Gasteiger partial charge in [0.2, 0.25) is 5.91 Å². The number of thioether (sulfide) groups is 1. The molecule has 0 fully saturated rings. The lowest BCUT2D eigenvalue weighted by molar-refractivity contribution is -0.118. The Hall–Kier alpha value is -1.79. The van der Waals surface area contributed by atoms with Gasteiger partial charge < -0.3 is 10.3 Å². The number of benzene rings is 1. The zero-order valence-electron chi connectivity index (χ0n) is 13.1. The lowest BCUT2D eigenvalue weighted by Crippen LogP contribution is -2.25. The van der Waals surface area contributed by atoms with Crippen molar-refractivity contribution in [1.82, 2.24) is 15.3 Å². The molecular formula is C17H18ClN3O2S. The first-order valence-corrected chi connectivity index (χ1v) is 9.25. The van der Waals surface area contributed by atoms with Gasteiger partial charge in [0.05, 0.1) is 5.75 Å². The van der Waals surface area contributed by atoms with Crippen molar-refractivity contribution in [2.75, 3.05) is 5.75 Å². The second-order valence-corrected chi connectivity index (χ2v) is 7.04. The van der Waals surface area contributed by atoms with Crippen molar-refractivity contribution in [2.24, 2.45) is 0 Å². The SMILES string of the molecule is O=C(CSc1nc(=O)[nH]c2c1CCCC2)NCc1ccccc1Cl. The van der Waals surface area contributed by atoms with Gasteiger partial charge in [-0.05, 0) is 37.3 Å². The number of aromatic nitrogens is 2. The Morgan fingerprint density at radius 1 is 1.29 bits per heavy atom. The van der Waals surface area contributed by atoms with E-state index in [9.17, 15) is 9.59 Å². The Morgan fingerprint density at radius 3 is 2.92 bits per heavy atom. The molecule has 1 heterocycles. The quantitative estimate of drug-likeness (QED) is 0.632. The normalized spacial score (nSPS) is 13.4. The molecule has 2 aromatic rings. The van der Waals surface area contributed by atoms with Crippen LogP contribution in [0.5, 0.6) is 0 Å². The zero-order chi connectivity index (χ0) is 16.9. The van der Waals surface area contributed by atoms with E-state index in [0.29, 0.717) is 16.6 Å². The summed E-state index contributed by atoms with van der Waals surface area (Å²) in [6, 6.07) is 7.41. The van der Waals surface area contributed by atoms with Gasteiger partial charge in [-0.15, -0.1) is 0 Å². The van der Waals surface area contributed by atoms with Crippen LogP contribution in [0.25, 0.3) is 0 Å². The molecule has 0 unspecified atom stereocenters. The van der Waals surface area contributed by atoms with Gasteiger partial charge >= 0.3 is 5.69 Å². The number of nitrogens with one attached hydrogen (secondary N) is 2. The predicted octanol–water partition coefficient (Wildman–Crippen LogP) is 2.71. The average molecular weight is 364 g/mol. The highest BCUT2D eigenvalue weighted by Gasteiger charge is 2.17. The Balaban J connectivity index is 1.60. The molecule has 0 aliphatic heterocycles. The van der Waals surface area contributed by atoms with Crippen molar-refractivity contribution in [3.05, 3.63) is 56.6 Å². The Kier molecular flexibility index (Phi) is 5.58. The molecule has 0 bridgehead atoms. The van der Waals surface area contributed by atoms with Crippen LogP contribution in [0.2, 0.25) is 5.02 Å². The molecule has 126 valence electrons. The first-order chi connectivity index (χ1) is 11.6. The van der Waals surface area contributed by atoms with Crippen LogP contribution in [0.15, 0.2) is 34.1 Å². The molecule has 7 heteroatoms. The number of carbonyl (C=O) groups excluding carboxylic acids is 1. The van der Waals surface area contributed by atoms with Crippen LogP contribution in [0, 0.1) is 0 Å². The highest BCUT2D eigenvalue weighted by atomic mass is 35.5. The summed E-state index contributed by atoms with van der Waals surface area (Å²) in [5.74, 6) is 0.124. The molecule has 1 aromatic carbocycles. The number of halogens is 1. The summed E-state index contributed by atoms with van der Waals surface area (Å²) in [6.07, 6.45) is 3.95. The van der Waals surface area contributed by atoms with Crippen molar-refractivity contribution >= 4 is 29.3 Å². The predicted molar refractivity (Wildman–Crippen MR) is 95.5 cm³/mol. The summed E-state index contributed by atoms with van der Waals surface area (Å²) in [7, 11) is 0. The smallest absolute Gasteiger partial charge is 0.346 e. The van der Waals surface area contributed by atoms with E-state index in [1.807, 2.05) is 18.2 Å². The monoisotopic (exact) mass is 363 g/mol. The van der Waals surface area contributed by atoms with Gasteiger partial charge in [-0.1, -0.05) is 41.6 Å². The number of carbonyl (C=O) groups is 1. The fourth-order valence-corrected chi connectivity index (χ4v) is 3.86. The number of H-pyrrole nitrogens is 1. The molecule has 0 radical (unpaired) electrons. The minimum Gasteiger partial charge on any atom is -0.351 e. The number of rotatable bonds is 5. The maximum Gasteiger partial charge on any atom is 0.346 e. The second-order valence-electron chi connectivity index (χ2n) is 5.67. The summed E-state index contributed by atoms with van der Waals surface area (Å²) in [5, 5.41) is 4.16. The van der Waals surface area contributed by atoms with Crippen LogP contribution < -0.4 is 11.0 Å². The molecule has 0 saturated carbocycles. The molecule has 24 heavy (non-hydrogen) atoms. The number of amides is 1. The van der Waals surface area contributed by atoms with Gasteiger partial charge in [-0.3, -0.25) is 4.79 Å². The molecular weight excluding hydrogens is 346 g/mol. The highest BCUT2D eigenvalue weighted by molar-refractivity contribution is 7.99. The van der Waals surface area contributed by atoms with E-state index in [4.69, 9.17) is 11.6 Å². The molecule has 0 spiro atoms. The summed E-state index contributed by atoms with van der Waals surface area (Å²) < 4.78 is 0. The number of hydrogen-bond donors (Lipinski definition) is 2. The third-order valence-corrected chi connectivity index (χ3v) is 5.35. The van der Waals surface area contributed by atoms with Crippen LogP contribution in [0.1, 0.15) is 29.7 Å². The van der Waals surface area contributed by atoms with E-state index in [-0.39, 0.29) is 17.3 Å². The van der Waals surface area contributed by atoms with E-state index in [1.165, 1.54) is 11.8 Å². The van der Waals surface area contributed by atoms with E-state index >= 15 is 0 Å². The number of fused-ring (bicyclic) bond motifs is 1. The first kappa shape index (κ1) is 17.0. The number of hydrogen-bond acceptors (Lipinski definition) is 4. The van der Waals surface area contributed by atoms with E-state index in [1.54, 1.807) is 6.07 Å². The molecule has 1 aliphatic carbocycles. The zero-order valence-corrected chi connectivity index (χ0v) is 14.7. The molecule has 0 saturated heterocycles. The van der Waals surface area contributed by atoms with Crippen LogP contribution in [0.3, 0.4) is 0 Å². The van der Waals surface area contributed by atoms with Crippen LogP contribution >= 0.6 is 23.4 Å². The van der Waals surface area contributed by atoms with Crippen LogP contribution in [-0.2, 0) is 24.2 Å². The summed E-state index contributed by atoms with van der Waals surface area (Å²) >= 11 is 7.39. The number of nitrogens with zero attached hydrogens (tertiary/aromatic N) is 1. The molecule has 0 atom stereocenters. The van der Waals surface area contributed by atoms with Gasteiger partial charge in [-0.25, -0.2) is 4.79 Å². The Bertz CT molecular complexity index is 807. The fourth-order valence-electron chi connectivity index (χ4n) is 2.74. The minimum absolute atomic E-state index is 0.105. The maximum absolute atomic E-state index is 12.1. The lowest BCUT2D eigenvalue weighted by Gasteiger charge is -2.17. The summed E-state index contributed by atoms with van der Waals surface area (Å²) in [5.41, 5.74) is 2.60. The number of aromatic amines is 1. The van der Waals surface area contributed by atoms with Gasteiger partial charge in [0.25, 0.3) is 0 Å². The topological polar surface area (TPSA) is 74.8 Å². The van der Waals surface area contributed by atoms with E-state index < -0.39 is 0 Å². The minimum atomic E-state index is -0.338. The van der Waals surface area contributed by atoms with E-state index in [0.717, 1.165) is 42.5 Å². The van der Waals surface area contributed by atoms with Crippen molar-refractivity contribution < 1.29 is 4.79 Å². The summed E-state index contributed by atoms with van der Waals surface area (Å²) in [4.78, 5) is 30.6. The van der Waals surface area contributed by atoms with Crippen molar-refractivity contribution in [1.29, 1.82) is 0 Å². The van der Waals surface area contributed by atoms with Gasteiger partial charge in [0.15, 0.2) is 0 Å². The van der Waals surface area contributed by atoms with Crippen molar-refractivity contribution in [2.45, 2.75) is 37.3 Å². The summed E-state index contributed by atoms with van der Waals surface area (Å²) in [6.45, 7) is 0.389. The third kappa shape index (κ3) is 4.19. The molecule has 3 rings (SSSR count). The Labute approximate surface area is 149 Å². The van der Waals surface area contributed by atoms with Crippen LogP contribution in [-0.4, -0.2) is 21.6 Å². The van der Waals surface area contributed by atoms with E-state index in [2.05, 4.69) is 15.3 Å². The number of aryl methyl sites for hydroxylation is 1. The molecule has 1 amide bonds. The molecule has 1 aliphatic rings. The second kappa shape index (κ2) is 7.85. The van der Waals surface area contributed by atoms with Crippen molar-refractivity contribution in [3.8, 4) is 0 Å². The lowest BCUT2D eigenvalue weighted by atomic mass is 9.98. The average Bonchev–Trinajstić information content (AvgIpc) is 2.58. The highest BCUT2D eigenvalue weighted by Crippen LogP contribution is 2.27. The first-order valence-electron chi connectivity index (χ1n) is 7.88. The third-order valence-electron chi connectivity index (χ3n) is 3.96. The fraction of sp³-hybridized carbons (Fsp3) is 0.353. The van der Waals surface area contributed by atoms with Gasteiger partial charge in [0, 0.05) is 22.8 Å². The van der Waals surface area contributed by atoms with Crippen molar-refractivity contribution in [3.63, 3.8) is 0 Å². The maximum atomic E-state index is 12.1. The standard InChI is InChI=1S/C17H18ClN3O2S/c18-13-7-3-1-5-11(13)9-19-15(22)10-24-16-12-6-2-4-8-14(12)20-17(23)21-16/h1,3,5,7H,2,4,6,8-10H2,(H,19,22)(H,20,21,23). The van der Waals surface area contributed by atoms with Gasteiger partial charge in [-0.2, -0.15) is 4.98 Å². The molecule has 2 N–H and O–H groups in total. The molecule has 5 nitrogen and oxygen atoms in total. The van der Waals surface area contributed by atoms with Gasteiger partial charge in [0.1, 0.15) is 5.03 Å².